The number of fused-ring (bicyclic) bond motifs is 1. The van der Waals surface area contributed by atoms with Crippen LogP contribution in [0.5, 0.6) is 5.75 Å². The van der Waals surface area contributed by atoms with Crippen LogP contribution in [0.2, 0.25) is 0 Å². The maximum Gasteiger partial charge on any atom is 0.191 e. The fourth-order valence-corrected chi connectivity index (χ4v) is 3.05. The Morgan fingerprint density at radius 2 is 1.96 bits per heavy atom. The molecule has 1 aromatic heterocycles. The Balaban J connectivity index is 1.55. The topological polar surface area (TPSA) is 58.5 Å². The zero-order valence-electron chi connectivity index (χ0n) is 16.1. The Morgan fingerprint density at radius 1 is 1.11 bits per heavy atom. The lowest BCUT2D eigenvalue weighted by Crippen LogP contribution is -2.37. The highest BCUT2D eigenvalue weighted by Crippen LogP contribution is 2.19. The molecule has 0 saturated heterocycles. The van der Waals surface area contributed by atoms with Gasteiger partial charge in [-0.05, 0) is 42.2 Å². The van der Waals surface area contributed by atoms with E-state index in [4.69, 9.17) is 4.74 Å². The molecule has 3 aromatic rings. The van der Waals surface area contributed by atoms with Crippen LogP contribution in [-0.4, -0.2) is 31.6 Å². The van der Waals surface area contributed by atoms with E-state index in [1.54, 1.807) is 14.2 Å². The Hall–Kier alpha value is -3.08. The third-order valence-corrected chi connectivity index (χ3v) is 4.56. The minimum atomic E-state index is 0.673. The summed E-state index contributed by atoms with van der Waals surface area (Å²) in [5, 5.41) is 7.88. The molecule has 0 unspecified atom stereocenters. The first-order valence-electron chi connectivity index (χ1n) is 9.12. The van der Waals surface area contributed by atoms with E-state index in [1.807, 2.05) is 12.3 Å². The van der Waals surface area contributed by atoms with Gasteiger partial charge >= 0.3 is 0 Å². The smallest absolute Gasteiger partial charge is 0.191 e. The third kappa shape index (κ3) is 4.76. The van der Waals surface area contributed by atoms with E-state index >= 15 is 0 Å². The van der Waals surface area contributed by atoms with E-state index < -0.39 is 0 Å². The number of hydrogen-bond donors (Lipinski definition) is 2. The van der Waals surface area contributed by atoms with Crippen molar-refractivity contribution in [2.75, 3.05) is 20.7 Å². The highest BCUT2D eigenvalue weighted by Gasteiger charge is 2.04. The first-order valence-corrected chi connectivity index (χ1v) is 9.12. The normalized spacial score (nSPS) is 11.4. The van der Waals surface area contributed by atoms with E-state index in [0.717, 1.165) is 46.7 Å². The summed E-state index contributed by atoms with van der Waals surface area (Å²) >= 11 is 0. The lowest BCUT2D eigenvalue weighted by molar-refractivity contribution is 0.411. The number of guanidine groups is 1. The molecule has 1 heterocycles. The number of aromatic nitrogens is 1. The standard InChI is InChI=1S/C22H26N4O/c1-16-9-10-17(14-20(16)27-3)11-13-25-22(23-2)26-15-19-7-4-6-18-8-5-12-24-21(18)19/h4-10,12,14H,11,13,15H2,1-3H3,(H2,23,25,26). The molecule has 0 atom stereocenters. The van der Waals surface area contributed by atoms with Crippen LogP contribution < -0.4 is 15.4 Å². The minimum absolute atomic E-state index is 0.673. The molecule has 5 nitrogen and oxygen atoms in total. The van der Waals surface area contributed by atoms with Crippen molar-refractivity contribution >= 4 is 16.9 Å². The van der Waals surface area contributed by atoms with Gasteiger partial charge in [0, 0.05) is 31.7 Å². The van der Waals surface area contributed by atoms with Crippen LogP contribution in [0.4, 0.5) is 0 Å². The summed E-state index contributed by atoms with van der Waals surface area (Å²) in [6.45, 7) is 3.51. The Kier molecular flexibility index (Phi) is 6.26. The Labute approximate surface area is 160 Å². The Morgan fingerprint density at radius 3 is 2.78 bits per heavy atom. The van der Waals surface area contributed by atoms with Gasteiger partial charge in [0.2, 0.25) is 0 Å². The van der Waals surface area contributed by atoms with Crippen molar-refractivity contribution in [1.29, 1.82) is 0 Å². The Bertz CT molecular complexity index is 931. The van der Waals surface area contributed by atoms with Gasteiger partial charge in [-0.1, -0.05) is 36.4 Å². The molecule has 0 amide bonds. The van der Waals surface area contributed by atoms with Crippen LogP contribution in [0.3, 0.4) is 0 Å². The van der Waals surface area contributed by atoms with Gasteiger partial charge in [0.15, 0.2) is 5.96 Å². The molecule has 0 aliphatic carbocycles. The van der Waals surface area contributed by atoms with Crippen molar-refractivity contribution in [1.82, 2.24) is 15.6 Å². The molecule has 0 spiro atoms. The SMILES string of the molecule is CN=C(NCCc1ccc(C)c(OC)c1)NCc1cccc2cccnc12. The van der Waals surface area contributed by atoms with Crippen LogP contribution in [0, 0.1) is 6.92 Å². The third-order valence-electron chi connectivity index (χ3n) is 4.56. The van der Waals surface area contributed by atoms with Gasteiger partial charge in [-0.25, -0.2) is 0 Å². The molecule has 0 aliphatic rings. The van der Waals surface area contributed by atoms with Crippen molar-refractivity contribution < 1.29 is 4.74 Å². The van der Waals surface area contributed by atoms with E-state index in [1.165, 1.54) is 5.56 Å². The van der Waals surface area contributed by atoms with Gasteiger partial charge in [0.05, 0.1) is 12.6 Å². The number of aliphatic imine (C=N–C) groups is 1. The molecule has 5 heteroatoms. The molecular weight excluding hydrogens is 336 g/mol. The summed E-state index contributed by atoms with van der Waals surface area (Å²) in [6.07, 6.45) is 2.72. The number of methoxy groups -OCH3 is 1. The van der Waals surface area contributed by atoms with Crippen molar-refractivity contribution in [2.24, 2.45) is 4.99 Å². The summed E-state index contributed by atoms with van der Waals surface area (Å²) in [7, 11) is 3.49. The zero-order valence-corrected chi connectivity index (χ0v) is 16.1. The monoisotopic (exact) mass is 362 g/mol. The van der Waals surface area contributed by atoms with Crippen LogP contribution in [0.1, 0.15) is 16.7 Å². The van der Waals surface area contributed by atoms with Gasteiger partial charge in [-0.3, -0.25) is 9.98 Å². The highest BCUT2D eigenvalue weighted by atomic mass is 16.5. The fourth-order valence-electron chi connectivity index (χ4n) is 3.05. The summed E-state index contributed by atoms with van der Waals surface area (Å²) in [5.74, 6) is 1.71. The van der Waals surface area contributed by atoms with E-state index in [-0.39, 0.29) is 0 Å². The summed E-state index contributed by atoms with van der Waals surface area (Å²) in [6, 6.07) is 16.6. The summed E-state index contributed by atoms with van der Waals surface area (Å²) in [4.78, 5) is 8.81. The van der Waals surface area contributed by atoms with E-state index in [9.17, 15) is 0 Å². The fraction of sp³-hybridized carbons (Fsp3) is 0.273. The van der Waals surface area contributed by atoms with Crippen LogP contribution in [-0.2, 0) is 13.0 Å². The van der Waals surface area contributed by atoms with Crippen molar-refractivity contribution in [3.05, 3.63) is 71.4 Å². The highest BCUT2D eigenvalue weighted by molar-refractivity contribution is 5.83. The quantitative estimate of drug-likeness (QED) is 0.521. The number of para-hydroxylation sites is 1. The van der Waals surface area contributed by atoms with Gasteiger partial charge in [-0.2, -0.15) is 0 Å². The molecule has 140 valence electrons. The van der Waals surface area contributed by atoms with Crippen molar-refractivity contribution in [3.8, 4) is 5.75 Å². The van der Waals surface area contributed by atoms with Gasteiger partial charge in [0.25, 0.3) is 0 Å². The predicted octanol–water partition coefficient (Wildman–Crippen LogP) is 3.46. The maximum absolute atomic E-state index is 5.39. The number of nitrogens with one attached hydrogen (secondary N) is 2. The van der Waals surface area contributed by atoms with Crippen LogP contribution >= 0.6 is 0 Å². The van der Waals surface area contributed by atoms with Gasteiger partial charge in [0.1, 0.15) is 5.75 Å². The first kappa shape index (κ1) is 18.7. The zero-order chi connectivity index (χ0) is 19.1. The molecule has 0 saturated carbocycles. The summed E-state index contributed by atoms with van der Waals surface area (Å²) < 4.78 is 5.39. The molecule has 0 fully saturated rings. The average molecular weight is 362 g/mol. The average Bonchev–Trinajstić information content (AvgIpc) is 2.71. The lowest BCUT2D eigenvalue weighted by Gasteiger charge is -2.13. The maximum atomic E-state index is 5.39. The number of benzene rings is 2. The second-order valence-electron chi connectivity index (χ2n) is 6.40. The van der Waals surface area contributed by atoms with Gasteiger partial charge < -0.3 is 15.4 Å². The number of rotatable bonds is 6. The number of nitrogens with zero attached hydrogens (tertiary/aromatic N) is 2. The van der Waals surface area contributed by atoms with E-state index in [2.05, 4.69) is 70.0 Å². The predicted molar refractivity (Wildman–Crippen MR) is 111 cm³/mol. The number of hydrogen-bond acceptors (Lipinski definition) is 3. The van der Waals surface area contributed by atoms with Crippen LogP contribution in [0.15, 0.2) is 59.7 Å². The molecule has 0 aliphatic heterocycles. The molecular formula is C22H26N4O. The second-order valence-corrected chi connectivity index (χ2v) is 6.40. The molecule has 27 heavy (non-hydrogen) atoms. The molecule has 3 rings (SSSR count). The van der Waals surface area contributed by atoms with Crippen molar-refractivity contribution in [3.63, 3.8) is 0 Å². The number of ether oxygens (including phenoxy) is 1. The number of pyridine rings is 1. The van der Waals surface area contributed by atoms with E-state index in [0.29, 0.717) is 6.54 Å². The molecule has 0 bridgehead atoms. The largest absolute Gasteiger partial charge is 0.496 e. The summed E-state index contributed by atoms with van der Waals surface area (Å²) in [5.41, 5.74) is 4.56. The lowest BCUT2D eigenvalue weighted by atomic mass is 10.1. The first-order chi connectivity index (χ1) is 13.2. The van der Waals surface area contributed by atoms with Crippen molar-refractivity contribution in [2.45, 2.75) is 19.9 Å². The molecule has 0 radical (unpaired) electrons. The van der Waals surface area contributed by atoms with Gasteiger partial charge in [-0.15, -0.1) is 0 Å². The van der Waals surface area contributed by atoms with Crippen LogP contribution in [0.25, 0.3) is 10.9 Å². The second kappa shape index (κ2) is 9.03. The molecule has 2 aromatic carbocycles. The number of aryl methyl sites for hydroxylation is 1. The molecule has 2 N–H and O–H groups in total. The minimum Gasteiger partial charge on any atom is -0.496 e.